The van der Waals surface area contributed by atoms with E-state index in [0.717, 1.165) is 17.1 Å². The summed E-state index contributed by atoms with van der Waals surface area (Å²) in [6.45, 7) is 9.07. The van der Waals surface area contributed by atoms with Gasteiger partial charge in [0.05, 0.1) is 5.69 Å². The Labute approximate surface area is 188 Å². The number of piperazine rings is 1. The molecule has 1 N–H and O–H groups in total. The molecule has 2 heterocycles. The van der Waals surface area contributed by atoms with E-state index in [0.29, 0.717) is 31.9 Å². The molecule has 0 atom stereocenters. The number of halogens is 1. The van der Waals surface area contributed by atoms with Gasteiger partial charge in [-0.2, -0.15) is 0 Å². The standard InChI is InChI=1S/C25H28FN5O/c1-25(2,3)19-6-10-21(11-7-19)27-24(32)31-16-14-30(15-17-31)23-13-12-22(28-29-23)18-4-8-20(26)9-5-18/h4-13H,14-17H2,1-3H3,(H,27,32). The monoisotopic (exact) mass is 433 g/mol. The molecule has 0 unspecified atom stereocenters. The lowest BCUT2D eigenvalue weighted by Gasteiger charge is -2.35. The lowest BCUT2D eigenvalue weighted by molar-refractivity contribution is 0.208. The summed E-state index contributed by atoms with van der Waals surface area (Å²) in [7, 11) is 0. The zero-order valence-corrected chi connectivity index (χ0v) is 18.7. The molecule has 2 aromatic carbocycles. The van der Waals surface area contributed by atoms with Gasteiger partial charge in [-0.05, 0) is 59.5 Å². The van der Waals surface area contributed by atoms with Gasteiger partial charge in [0.2, 0.25) is 0 Å². The fraction of sp³-hybridized carbons (Fsp3) is 0.320. The number of rotatable bonds is 3. The fourth-order valence-corrected chi connectivity index (χ4v) is 3.66. The highest BCUT2D eigenvalue weighted by Gasteiger charge is 2.22. The zero-order chi connectivity index (χ0) is 22.7. The van der Waals surface area contributed by atoms with Gasteiger partial charge in [-0.1, -0.05) is 32.9 Å². The molecule has 166 valence electrons. The van der Waals surface area contributed by atoms with Crippen LogP contribution in [0.25, 0.3) is 11.3 Å². The lowest BCUT2D eigenvalue weighted by atomic mass is 9.87. The van der Waals surface area contributed by atoms with Crippen LogP contribution in [0.2, 0.25) is 0 Å². The molecule has 1 aromatic heterocycles. The molecule has 0 aliphatic carbocycles. The lowest BCUT2D eigenvalue weighted by Crippen LogP contribution is -2.50. The third-order valence-corrected chi connectivity index (χ3v) is 5.68. The van der Waals surface area contributed by atoms with Crippen molar-refractivity contribution < 1.29 is 9.18 Å². The molecule has 4 rings (SSSR count). The van der Waals surface area contributed by atoms with E-state index in [-0.39, 0.29) is 17.3 Å². The second-order valence-electron chi connectivity index (χ2n) is 9.02. The van der Waals surface area contributed by atoms with Gasteiger partial charge in [-0.3, -0.25) is 0 Å². The molecule has 0 spiro atoms. The number of carbonyl (C=O) groups is 1. The number of nitrogens with zero attached hydrogens (tertiary/aromatic N) is 4. The molecule has 1 aliphatic rings. The Morgan fingerprint density at radius 3 is 2.09 bits per heavy atom. The Kier molecular flexibility index (Phi) is 6.08. The summed E-state index contributed by atoms with van der Waals surface area (Å²) in [4.78, 5) is 16.6. The van der Waals surface area contributed by atoms with E-state index >= 15 is 0 Å². The van der Waals surface area contributed by atoms with Crippen LogP contribution >= 0.6 is 0 Å². The Hall–Kier alpha value is -3.48. The predicted octanol–water partition coefficient (Wildman–Crippen LogP) is 4.93. The molecule has 0 radical (unpaired) electrons. The quantitative estimate of drug-likeness (QED) is 0.636. The summed E-state index contributed by atoms with van der Waals surface area (Å²) in [5, 5.41) is 11.6. The molecule has 0 bridgehead atoms. The first-order valence-electron chi connectivity index (χ1n) is 10.8. The predicted molar refractivity (Wildman–Crippen MR) is 125 cm³/mol. The van der Waals surface area contributed by atoms with E-state index in [1.807, 2.05) is 29.2 Å². The van der Waals surface area contributed by atoms with Crippen LogP contribution in [0.15, 0.2) is 60.7 Å². The average Bonchev–Trinajstić information content (AvgIpc) is 2.80. The minimum absolute atomic E-state index is 0.0823. The number of carbonyl (C=O) groups excluding carboxylic acids is 1. The van der Waals surface area contributed by atoms with Gasteiger partial charge in [0, 0.05) is 37.4 Å². The smallest absolute Gasteiger partial charge is 0.321 e. The Morgan fingerprint density at radius 1 is 0.875 bits per heavy atom. The van der Waals surface area contributed by atoms with Gasteiger partial charge in [0.25, 0.3) is 0 Å². The minimum atomic E-state index is -0.276. The SMILES string of the molecule is CC(C)(C)c1ccc(NC(=O)N2CCN(c3ccc(-c4ccc(F)cc4)nn3)CC2)cc1. The number of urea groups is 1. The van der Waals surface area contributed by atoms with Crippen LogP contribution in [0.4, 0.5) is 20.7 Å². The molecule has 0 saturated carbocycles. The molecule has 32 heavy (non-hydrogen) atoms. The van der Waals surface area contributed by atoms with E-state index < -0.39 is 0 Å². The maximum atomic E-state index is 13.1. The van der Waals surface area contributed by atoms with Crippen molar-refractivity contribution in [2.24, 2.45) is 0 Å². The van der Waals surface area contributed by atoms with Crippen LogP contribution < -0.4 is 10.2 Å². The van der Waals surface area contributed by atoms with E-state index in [2.05, 4.69) is 53.3 Å². The number of aromatic nitrogens is 2. The maximum absolute atomic E-state index is 13.1. The summed E-state index contributed by atoms with van der Waals surface area (Å²) in [5.41, 5.74) is 3.63. The first-order valence-corrected chi connectivity index (χ1v) is 10.8. The highest BCUT2D eigenvalue weighted by atomic mass is 19.1. The molecular formula is C25H28FN5O. The fourth-order valence-electron chi connectivity index (χ4n) is 3.66. The summed E-state index contributed by atoms with van der Waals surface area (Å²) in [5.74, 6) is 0.496. The van der Waals surface area contributed by atoms with E-state index in [9.17, 15) is 9.18 Å². The molecule has 2 amide bonds. The van der Waals surface area contributed by atoms with Gasteiger partial charge in [0.1, 0.15) is 5.82 Å². The Balaban J connectivity index is 1.31. The summed E-state index contributed by atoms with van der Waals surface area (Å²) < 4.78 is 13.1. The first kappa shape index (κ1) is 21.7. The minimum Gasteiger partial charge on any atom is -0.352 e. The number of benzene rings is 2. The van der Waals surface area contributed by atoms with E-state index in [1.54, 1.807) is 12.1 Å². The van der Waals surface area contributed by atoms with Gasteiger partial charge in [-0.25, -0.2) is 9.18 Å². The number of amides is 2. The highest BCUT2D eigenvalue weighted by Crippen LogP contribution is 2.24. The van der Waals surface area contributed by atoms with Crippen molar-refractivity contribution in [3.63, 3.8) is 0 Å². The summed E-state index contributed by atoms with van der Waals surface area (Å²) in [6.07, 6.45) is 0. The number of hydrogen-bond donors (Lipinski definition) is 1. The number of anilines is 2. The second-order valence-corrected chi connectivity index (χ2v) is 9.02. The molecule has 7 heteroatoms. The van der Waals surface area contributed by atoms with Crippen molar-refractivity contribution in [3.05, 3.63) is 72.0 Å². The Morgan fingerprint density at radius 2 is 1.53 bits per heavy atom. The number of nitrogens with one attached hydrogen (secondary N) is 1. The third-order valence-electron chi connectivity index (χ3n) is 5.68. The number of hydrogen-bond acceptors (Lipinski definition) is 4. The molecule has 6 nitrogen and oxygen atoms in total. The molecule has 1 fully saturated rings. The van der Waals surface area contributed by atoms with Gasteiger partial charge in [0.15, 0.2) is 5.82 Å². The van der Waals surface area contributed by atoms with Crippen LogP contribution in [-0.2, 0) is 5.41 Å². The third kappa shape index (κ3) is 5.04. The van der Waals surface area contributed by atoms with Crippen molar-refractivity contribution >= 4 is 17.5 Å². The Bertz CT molecular complexity index is 1050. The van der Waals surface area contributed by atoms with Gasteiger partial charge >= 0.3 is 6.03 Å². The van der Waals surface area contributed by atoms with Crippen molar-refractivity contribution in [1.82, 2.24) is 15.1 Å². The van der Waals surface area contributed by atoms with Crippen LogP contribution in [0, 0.1) is 5.82 Å². The molecule has 3 aromatic rings. The molecular weight excluding hydrogens is 405 g/mol. The summed E-state index contributed by atoms with van der Waals surface area (Å²) in [6, 6.07) is 17.9. The normalized spacial score (nSPS) is 14.4. The van der Waals surface area contributed by atoms with Crippen molar-refractivity contribution in [1.29, 1.82) is 0 Å². The van der Waals surface area contributed by atoms with Gasteiger partial charge < -0.3 is 15.1 Å². The zero-order valence-electron chi connectivity index (χ0n) is 18.7. The first-order chi connectivity index (χ1) is 15.3. The van der Waals surface area contributed by atoms with Crippen molar-refractivity contribution in [2.45, 2.75) is 26.2 Å². The van der Waals surface area contributed by atoms with Gasteiger partial charge in [-0.15, -0.1) is 10.2 Å². The van der Waals surface area contributed by atoms with Crippen LogP contribution in [0.5, 0.6) is 0 Å². The van der Waals surface area contributed by atoms with Crippen LogP contribution in [-0.4, -0.2) is 47.3 Å². The summed E-state index contributed by atoms with van der Waals surface area (Å²) >= 11 is 0. The second kappa shape index (κ2) is 8.94. The van der Waals surface area contributed by atoms with Crippen molar-refractivity contribution in [3.8, 4) is 11.3 Å². The van der Waals surface area contributed by atoms with Crippen LogP contribution in [0.1, 0.15) is 26.3 Å². The largest absolute Gasteiger partial charge is 0.352 e. The van der Waals surface area contributed by atoms with E-state index in [1.165, 1.54) is 17.7 Å². The maximum Gasteiger partial charge on any atom is 0.321 e. The highest BCUT2D eigenvalue weighted by molar-refractivity contribution is 5.89. The average molecular weight is 434 g/mol. The topological polar surface area (TPSA) is 61.4 Å². The van der Waals surface area contributed by atoms with E-state index in [4.69, 9.17) is 0 Å². The molecule has 1 saturated heterocycles. The van der Waals surface area contributed by atoms with Crippen molar-refractivity contribution in [2.75, 3.05) is 36.4 Å². The molecule has 1 aliphatic heterocycles. The van der Waals surface area contributed by atoms with Crippen LogP contribution in [0.3, 0.4) is 0 Å².